The summed E-state index contributed by atoms with van der Waals surface area (Å²) in [5, 5.41) is 5.48. The van der Waals surface area contributed by atoms with Crippen LogP contribution in [-0.4, -0.2) is 7.05 Å². The Labute approximate surface area is 72.0 Å². The second-order valence-electron chi connectivity index (χ2n) is 2.73. The quantitative estimate of drug-likeness (QED) is 0.669. The molecule has 1 heteroatoms. The molecule has 12 heavy (non-hydrogen) atoms. The van der Waals surface area contributed by atoms with Crippen molar-refractivity contribution in [1.29, 1.82) is 0 Å². The lowest BCUT2D eigenvalue weighted by atomic mass is 10.1. The minimum Gasteiger partial charge on any atom is -0.388 e. The Bertz CT molecular complexity index is 393. The lowest BCUT2D eigenvalue weighted by Gasteiger charge is -2.00. The first kappa shape index (κ1) is 7.17. The number of nitrogens with one attached hydrogen (secondary N) is 1. The Morgan fingerprint density at radius 2 is 2.08 bits per heavy atom. The summed E-state index contributed by atoms with van der Waals surface area (Å²) in [6, 6.07) is 15.5. The summed E-state index contributed by atoms with van der Waals surface area (Å²) in [4.78, 5) is 0. The van der Waals surface area contributed by atoms with Gasteiger partial charge in [-0.2, -0.15) is 0 Å². The highest BCUT2D eigenvalue weighted by Gasteiger charge is 1.92. The van der Waals surface area contributed by atoms with Crippen LogP contribution in [0.5, 0.6) is 0 Å². The van der Waals surface area contributed by atoms with Crippen LogP contribution in [0, 0.1) is 6.07 Å². The van der Waals surface area contributed by atoms with Crippen LogP contribution in [0.15, 0.2) is 36.4 Å². The Balaban J connectivity index is 2.67. The maximum atomic E-state index is 3.21. The van der Waals surface area contributed by atoms with Gasteiger partial charge >= 0.3 is 0 Å². The van der Waals surface area contributed by atoms with E-state index in [1.54, 1.807) is 0 Å². The van der Waals surface area contributed by atoms with E-state index >= 15 is 0 Å². The first-order chi connectivity index (χ1) is 5.90. The highest BCUT2D eigenvalue weighted by atomic mass is 14.8. The number of anilines is 1. The van der Waals surface area contributed by atoms with E-state index in [1.165, 1.54) is 5.39 Å². The number of fused-ring (bicyclic) bond motifs is 1. The summed E-state index contributed by atoms with van der Waals surface area (Å²) in [5.74, 6) is 0. The predicted octanol–water partition coefficient (Wildman–Crippen LogP) is 2.68. The van der Waals surface area contributed by atoms with E-state index in [1.807, 2.05) is 25.2 Å². The fourth-order valence-electron chi connectivity index (χ4n) is 1.26. The average molecular weight is 156 g/mol. The Kier molecular flexibility index (Phi) is 1.71. The van der Waals surface area contributed by atoms with Crippen molar-refractivity contribution < 1.29 is 0 Å². The highest BCUT2D eigenvalue weighted by Crippen LogP contribution is 2.17. The zero-order valence-corrected chi connectivity index (χ0v) is 6.96. The molecule has 2 aromatic carbocycles. The molecule has 0 aliphatic heterocycles. The van der Waals surface area contributed by atoms with Crippen LogP contribution in [0.2, 0.25) is 0 Å². The van der Waals surface area contributed by atoms with Crippen LogP contribution in [-0.2, 0) is 0 Å². The van der Waals surface area contributed by atoms with Crippen molar-refractivity contribution in [2.45, 2.75) is 0 Å². The van der Waals surface area contributed by atoms with E-state index in [4.69, 9.17) is 0 Å². The van der Waals surface area contributed by atoms with Crippen molar-refractivity contribution >= 4 is 16.5 Å². The summed E-state index contributed by atoms with van der Waals surface area (Å²) in [7, 11) is 1.91. The molecule has 0 saturated carbocycles. The smallest absolute Gasteiger partial charge is 0.0350 e. The number of rotatable bonds is 1. The molecule has 0 atom stereocenters. The van der Waals surface area contributed by atoms with Crippen LogP contribution in [0.1, 0.15) is 0 Å². The fraction of sp³-hybridized carbons (Fsp3) is 0.0909. The van der Waals surface area contributed by atoms with Gasteiger partial charge in [-0.1, -0.05) is 24.3 Å². The monoisotopic (exact) mass is 156 g/mol. The van der Waals surface area contributed by atoms with E-state index in [2.05, 4.69) is 29.6 Å². The van der Waals surface area contributed by atoms with E-state index in [9.17, 15) is 0 Å². The second-order valence-corrected chi connectivity index (χ2v) is 2.73. The zero-order chi connectivity index (χ0) is 8.39. The third-order valence-electron chi connectivity index (χ3n) is 1.94. The molecule has 2 rings (SSSR count). The SMILES string of the molecule is CNc1c[c]c2ccccc2c1. The lowest BCUT2D eigenvalue weighted by Crippen LogP contribution is -1.86. The molecule has 1 radical (unpaired) electrons. The molecule has 0 spiro atoms. The van der Waals surface area contributed by atoms with Crippen molar-refractivity contribution in [1.82, 2.24) is 0 Å². The highest BCUT2D eigenvalue weighted by molar-refractivity contribution is 5.84. The molecule has 0 aromatic heterocycles. The standard InChI is InChI=1S/C11H10N/c1-12-11-7-6-9-4-2-3-5-10(9)8-11/h2-5,7-8,12H,1H3. The minimum absolute atomic E-state index is 1.11. The first-order valence-corrected chi connectivity index (χ1v) is 3.98. The Morgan fingerprint density at radius 3 is 2.92 bits per heavy atom. The van der Waals surface area contributed by atoms with Gasteiger partial charge in [0.1, 0.15) is 0 Å². The van der Waals surface area contributed by atoms with Gasteiger partial charge in [0.2, 0.25) is 0 Å². The minimum atomic E-state index is 1.11. The van der Waals surface area contributed by atoms with Crippen LogP contribution in [0.4, 0.5) is 5.69 Å². The van der Waals surface area contributed by atoms with Gasteiger partial charge in [0, 0.05) is 12.7 Å². The van der Waals surface area contributed by atoms with Gasteiger partial charge in [-0.15, -0.1) is 0 Å². The zero-order valence-electron chi connectivity index (χ0n) is 6.96. The maximum absolute atomic E-state index is 3.21. The largest absolute Gasteiger partial charge is 0.388 e. The summed E-state index contributed by atoms with van der Waals surface area (Å²) in [6.45, 7) is 0. The molecule has 0 unspecified atom stereocenters. The molecule has 59 valence electrons. The van der Waals surface area contributed by atoms with Crippen LogP contribution >= 0.6 is 0 Å². The number of hydrogen-bond donors (Lipinski definition) is 1. The van der Waals surface area contributed by atoms with Gasteiger partial charge in [-0.25, -0.2) is 0 Å². The van der Waals surface area contributed by atoms with Crippen molar-refractivity contribution in [2.24, 2.45) is 0 Å². The molecule has 0 bridgehead atoms. The van der Waals surface area contributed by atoms with Crippen LogP contribution in [0.3, 0.4) is 0 Å². The van der Waals surface area contributed by atoms with Gasteiger partial charge in [0.25, 0.3) is 0 Å². The molecule has 0 aliphatic carbocycles. The van der Waals surface area contributed by atoms with E-state index in [0.717, 1.165) is 11.1 Å². The van der Waals surface area contributed by atoms with Crippen molar-refractivity contribution in [3.63, 3.8) is 0 Å². The molecular formula is C11H10N. The van der Waals surface area contributed by atoms with E-state index in [0.29, 0.717) is 0 Å². The normalized spacial score (nSPS) is 10.1. The molecule has 1 nitrogen and oxygen atoms in total. The fourth-order valence-corrected chi connectivity index (χ4v) is 1.26. The molecule has 0 saturated heterocycles. The second kappa shape index (κ2) is 2.86. The van der Waals surface area contributed by atoms with Crippen molar-refractivity contribution in [3.8, 4) is 0 Å². The summed E-state index contributed by atoms with van der Waals surface area (Å²) >= 11 is 0. The maximum Gasteiger partial charge on any atom is 0.0350 e. The summed E-state index contributed by atoms with van der Waals surface area (Å²) in [5.41, 5.74) is 1.11. The number of benzene rings is 2. The van der Waals surface area contributed by atoms with E-state index < -0.39 is 0 Å². The van der Waals surface area contributed by atoms with Gasteiger partial charge in [0.05, 0.1) is 0 Å². The van der Waals surface area contributed by atoms with Crippen LogP contribution in [0.25, 0.3) is 10.8 Å². The molecule has 0 heterocycles. The predicted molar refractivity (Wildman–Crippen MR) is 52.3 cm³/mol. The topological polar surface area (TPSA) is 12.0 Å². The molecule has 2 aromatic rings. The average Bonchev–Trinajstić information content (AvgIpc) is 2.17. The van der Waals surface area contributed by atoms with Gasteiger partial charge < -0.3 is 5.32 Å². The third-order valence-corrected chi connectivity index (χ3v) is 1.94. The van der Waals surface area contributed by atoms with Gasteiger partial charge in [-0.05, 0) is 29.0 Å². The third kappa shape index (κ3) is 1.14. The number of hydrogen-bond acceptors (Lipinski definition) is 1. The Hall–Kier alpha value is -1.50. The molecule has 0 amide bonds. The Morgan fingerprint density at radius 1 is 1.25 bits per heavy atom. The summed E-state index contributed by atoms with van der Waals surface area (Å²) in [6.07, 6.45) is 0. The van der Waals surface area contributed by atoms with E-state index in [-0.39, 0.29) is 0 Å². The van der Waals surface area contributed by atoms with Crippen molar-refractivity contribution in [2.75, 3.05) is 12.4 Å². The van der Waals surface area contributed by atoms with Gasteiger partial charge in [-0.3, -0.25) is 0 Å². The summed E-state index contributed by atoms with van der Waals surface area (Å²) < 4.78 is 0. The lowest BCUT2D eigenvalue weighted by molar-refractivity contribution is 1.53. The molecule has 0 fully saturated rings. The van der Waals surface area contributed by atoms with Crippen molar-refractivity contribution in [3.05, 3.63) is 42.5 Å². The van der Waals surface area contributed by atoms with Crippen LogP contribution < -0.4 is 5.32 Å². The molecule has 1 N–H and O–H groups in total. The molecule has 0 aliphatic rings. The van der Waals surface area contributed by atoms with Gasteiger partial charge in [0.15, 0.2) is 0 Å². The first-order valence-electron chi connectivity index (χ1n) is 3.98. The molecular weight excluding hydrogens is 146 g/mol.